The highest BCUT2D eigenvalue weighted by Gasteiger charge is 2.47. The Morgan fingerprint density at radius 3 is 2.68 bits per heavy atom. The van der Waals surface area contributed by atoms with Crippen LogP contribution in [-0.4, -0.2) is 29.0 Å². The van der Waals surface area contributed by atoms with E-state index in [2.05, 4.69) is 15.7 Å². The Morgan fingerprint density at radius 1 is 1.26 bits per heavy atom. The average Bonchev–Trinajstić information content (AvgIpc) is 3.18. The van der Waals surface area contributed by atoms with Crippen LogP contribution in [-0.2, 0) is 0 Å². The van der Waals surface area contributed by atoms with Gasteiger partial charge in [0.05, 0.1) is 19.3 Å². The van der Waals surface area contributed by atoms with Gasteiger partial charge in [-0.15, -0.1) is 0 Å². The second-order valence-corrected chi connectivity index (χ2v) is 7.52. The first kappa shape index (κ1) is 21.0. The number of aromatic nitrogens is 2. The third kappa shape index (κ3) is 4.32. The normalized spacial score (nSPS) is 18.1. The van der Waals surface area contributed by atoms with E-state index >= 15 is 0 Å². The topological polar surface area (TPSA) is 68.2 Å². The first-order chi connectivity index (χ1) is 14.8. The van der Waals surface area contributed by atoms with Crippen LogP contribution in [0.5, 0.6) is 5.75 Å². The zero-order chi connectivity index (χ0) is 22.2. The smallest absolute Gasteiger partial charge is 0.410 e. The van der Waals surface area contributed by atoms with Gasteiger partial charge in [-0.3, -0.25) is 4.79 Å². The van der Waals surface area contributed by atoms with E-state index in [-0.39, 0.29) is 17.8 Å². The highest BCUT2D eigenvalue weighted by Crippen LogP contribution is 2.44. The Bertz CT molecular complexity index is 1100. The number of amides is 1. The Kier molecular flexibility index (Phi) is 5.53. The number of ether oxygens (including phenoxy) is 1. The molecule has 4 rings (SSSR count). The molecule has 0 spiro atoms. The molecule has 2 aromatic carbocycles. The van der Waals surface area contributed by atoms with Crippen LogP contribution in [0.25, 0.3) is 0 Å². The second kappa shape index (κ2) is 8.14. The van der Waals surface area contributed by atoms with E-state index in [4.69, 9.17) is 16.3 Å². The Balaban J connectivity index is 1.68. The van der Waals surface area contributed by atoms with Gasteiger partial charge in [0.25, 0.3) is 5.91 Å². The standard InChI is InChI=1S/C21H18ClF3N4O2/c1-31-15-4-2-3-12(9-15)17-10-18(21(23,24)25)29-19(28-17)16(11-26-29)20(30)27-14-7-5-13(22)6-8-14/h2-9,11,17-18,28H,10H2,1H3,(H,27,30)/t17-,18+/m1/s1. The maximum Gasteiger partial charge on any atom is 0.410 e. The molecule has 0 bridgehead atoms. The fraction of sp³-hybridized carbons (Fsp3) is 0.238. The SMILES string of the molecule is COc1cccc([C@H]2C[C@@H](C(F)(F)F)n3ncc(C(=O)Nc4ccc(Cl)cc4)c3N2)c1. The van der Waals surface area contributed by atoms with E-state index in [9.17, 15) is 18.0 Å². The van der Waals surface area contributed by atoms with Gasteiger partial charge in [0.2, 0.25) is 0 Å². The molecule has 0 aliphatic carbocycles. The monoisotopic (exact) mass is 450 g/mol. The summed E-state index contributed by atoms with van der Waals surface area (Å²) in [4.78, 5) is 12.8. The number of anilines is 2. The van der Waals surface area contributed by atoms with Crippen LogP contribution < -0.4 is 15.4 Å². The first-order valence-electron chi connectivity index (χ1n) is 9.38. The minimum Gasteiger partial charge on any atom is -0.497 e. The molecule has 2 atom stereocenters. The van der Waals surface area contributed by atoms with E-state index in [1.165, 1.54) is 7.11 Å². The number of benzene rings is 2. The fourth-order valence-corrected chi connectivity index (χ4v) is 3.66. The van der Waals surface area contributed by atoms with Crippen LogP contribution in [0.4, 0.5) is 24.7 Å². The number of nitrogens with one attached hydrogen (secondary N) is 2. The Hall–Kier alpha value is -3.20. The van der Waals surface area contributed by atoms with Gasteiger partial charge < -0.3 is 15.4 Å². The van der Waals surface area contributed by atoms with Gasteiger partial charge in [-0.05, 0) is 42.0 Å². The number of fused-ring (bicyclic) bond motifs is 1. The Labute approximate surface area is 181 Å². The van der Waals surface area contributed by atoms with Crippen molar-refractivity contribution in [3.63, 3.8) is 0 Å². The van der Waals surface area contributed by atoms with Crippen molar-refractivity contribution in [3.8, 4) is 5.75 Å². The first-order valence-corrected chi connectivity index (χ1v) is 9.75. The lowest BCUT2D eigenvalue weighted by Gasteiger charge is -2.34. The minimum atomic E-state index is -4.54. The van der Waals surface area contributed by atoms with Crippen molar-refractivity contribution in [1.29, 1.82) is 0 Å². The molecule has 6 nitrogen and oxygen atoms in total. The number of nitrogens with zero attached hydrogens (tertiary/aromatic N) is 2. The lowest BCUT2D eigenvalue weighted by molar-refractivity contribution is -0.173. The van der Waals surface area contributed by atoms with Gasteiger partial charge in [-0.1, -0.05) is 23.7 Å². The molecule has 0 saturated heterocycles. The third-order valence-electron chi connectivity index (χ3n) is 5.08. The highest BCUT2D eigenvalue weighted by atomic mass is 35.5. The molecule has 0 unspecified atom stereocenters. The van der Waals surface area contributed by atoms with Crippen LogP contribution >= 0.6 is 11.6 Å². The molecule has 10 heteroatoms. The van der Waals surface area contributed by atoms with Crippen LogP contribution in [0.3, 0.4) is 0 Å². The van der Waals surface area contributed by atoms with E-state index in [1.54, 1.807) is 48.5 Å². The molecule has 3 aromatic rings. The molecule has 0 saturated carbocycles. The van der Waals surface area contributed by atoms with Crippen LogP contribution in [0.1, 0.15) is 34.4 Å². The summed E-state index contributed by atoms with van der Waals surface area (Å²) in [5.74, 6) is -0.0428. The van der Waals surface area contributed by atoms with E-state index in [1.807, 2.05) is 0 Å². The molecular formula is C21H18ClF3N4O2. The van der Waals surface area contributed by atoms with Crippen molar-refractivity contribution < 1.29 is 22.7 Å². The van der Waals surface area contributed by atoms with E-state index in [0.717, 1.165) is 10.9 Å². The average molecular weight is 451 g/mol. The molecule has 162 valence electrons. The zero-order valence-electron chi connectivity index (χ0n) is 16.3. The van der Waals surface area contributed by atoms with Crippen LogP contribution in [0.2, 0.25) is 5.02 Å². The van der Waals surface area contributed by atoms with Crippen molar-refractivity contribution in [2.45, 2.75) is 24.7 Å². The van der Waals surface area contributed by atoms with Gasteiger partial charge in [-0.25, -0.2) is 4.68 Å². The molecule has 31 heavy (non-hydrogen) atoms. The predicted octanol–water partition coefficient (Wildman–Crippen LogP) is 5.46. The van der Waals surface area contributed by atoms with Crippen molar-refractivity contribution in [1.82, 2.24) is 9.78 Å². The van der Waals surface area contributed by atoms with Crippen molar-refractivity contribution in [2.75, 3.05) is 17.7 Å². The molecule has 1 aliphatic rings. The summed E-state index contributed by atoms with van der Waals surface area (Å²) in [6, 6.07) is 10.6. The lowest BCUT2D eigenvalue weighted by Crippen LogP contribution is -2.36. The summed E-state index contributed by atoms with van der Waals surface area (Å²) < 4.78 is 47.5. The highest BCUT2D eigenvalue weighted by molar-refractivity contribution is 6.30. The van der Waals surface area contributed by atoms with Crippen molar-refractivity contribution in [2.24, 2.45) is 0 Å². The molecule has 0 fully saturated rings. The minimum absolute atomic E-state index is 0.00728. The van der Waals surface area contributed by atoms with E-state index < -0.39 is 24.2 Å². The number of hydrogen-bond acceptors (Lipinski definition) is 4. The van der Waals surface area contributed by atoms with Gasteiger partial charge in [0, 0.05) is 17.1 Å². The number of hydrogen-bond donors (Lipinski definition) is 2. The molecular weight excluding hydrogens is 433 g/mol. The number of carbonyl (C=O) groups excluding carboxylic acids is 1. The van der Waals surface area contributed by atoms with Gasteiger partial charge in [0.15, 0.2) is 6.04 Å². The largest absolute Gasteiger partial charge is 0.497 e. The number of halogens is 4. The number of rotatable bonds is 4. The molecule has 1 amide bonds. The molecule has 2 N–H and O–H groups in total. The summed E-state index contributed by atoms with van der Waals surface area (Å²) >= 11 is 5.85. The van der Waals surface area contributed by atoms with Gasteiger partial charge in [0.1, 0.15) is 17.1 Å². The summed E-state index contributed by atoms with van der Waals surface area (Å²) in [5.41, 5.74) is 1.09. The number of carbonyl (C=O) groups is 1. The molecule has 0 radical (unpaired) electrons. The van der Waals surface area contributed by atoms with Crippen LogP contribution in [0, 0.1) is 0 Å². The molecule has 1 aromatic heterocycles. The van der Waals surface area contributed by atoms with Gasteiger partial charge in [-0.2, -0.15) is 18.3 Å². The number of alkyl halides is 3. The number of methoxy groups -OCH3 is 1. The van der Waals surface area contributed by atoms with Crippen molar-refractivity contribution in [3.05, 3.63) is 70.9 Å². The summed E-state index contributed by atoms with van der Waals surface area (Å²) in [6.45, 7) is 0. The maximum atomic E-state index is 13.8. The lowest BCUT2D eigenvalue weighted by atomic mass is 9.96. The quantitative estimate of drug-likeness (QED) is 0.554. The van der Waals surface area contributed by atoms with Crippen molar-refractivity contribution >= 4 is 29.0 Å². The second-order valence-electron chi connectivity index (χ2n) is 7.08. The zero-order valence-corrected chi connectivity index (χ0v) is 17.0. The third-order valence-corrected chi connectivity index (χ3v) is 5.33. The molecule has 2 heterocycles. The summed E-state index contributed by atoms with van der Waals surface area (Å²) in [6.07, 6.45) is -3.67. The fourth-order valence-electron chi connectivity index (χ4n) is 3.54. The van der Waals surface area contributed by atoms with Crippen LogP contribution in [0.15, 0.2) is 54.7 Å². The maximum absolute atomic E-state index is 13.8. The summed E-state index contributed by atoms with van der Waals surface area (Å²) in [7, 11) is 1.49. The Morgan fingerprint density at radius 2 is 2.00 bits per heavy atom. The van der Waals surface area contributed by atoms with E-state index in [0.29, 0.717) is 22.0 Å². The predicted molar refractivity (Wildman–Crippen MR) is 111 cm³/mol. The molecule has 1 aliphatic heterocycles. The van der Waals surface area contributed by atoms with Gasteiger partial charge >= 0.3 is 6.18 Å². The summed E-state index contributed by atoms with van der Waals surface area (Å²) in [5, 5.41) is 10.1.